The maximum atomic E-state index is 12.5. The van der Waals surface area contributed by atoms with E-state index in [1.165, 1.54) is 6.07 Å². The number of nitrogens with zero attached hydrogens (tertiary/aromatic N) is 1. The van der Waals surface area contributed by atoms with E-state index in [-0.39, 0.29) is 12.3 Å². The molecular formula is C18H16ClN3O3. The van der Waals surface area contributed by atoms with Crippen LogP contribution in [0.2, 0.25) is 5.02 Å². The molecule has 2 aromatic carbocycles. The summed E-state index contributed by atoms with van der Waals surface area (Å²) in [5, 5.41) is 0.435. The Kier molecular flexibility index (Phi) is 4.83. The first-order valence-electron chi connectivity index (χ1n) is 7.70. The van der Waals surface area contributed by atoms with Crippen LogP contribution in [-0.4, -0.2) is 23.8 Å². The third kappa shape index (κ3) is 3.70. The summed E-state index contributed by atoms with van der Waals surface area (Å²) in [5.41, 5.74) is 7.00. The van der Waals surface area contributed by atoms with Crippen LogP contribution >= 0.6 is 11.6 Å². The summed E-state index contributed by atoms with van der Waals surface area (Å²) in [5.74, 6) is -1.15. The van der Waals surface area contributed by atoms with E-state index in [0.717, 1.165) is 10.5 Å². The highest BCUT2D eigenvalue weighted by Gasteiger charge is 2.39. The molecule has 0 unspecified atom stereocenters. The molecule has 6 nitrogen and oxygen atoms in total. The monoisotopic (exact) mass is 357 g/mol. The number of hydrogen-bond donors (Lipinski definition) is 2. The summed E-state index contributed by atoms with van der Waals surface area (Å²) in [4.78, 5) is 37.9. The predicted octanol–water partition coefficient (Wildman–Crippen LogP) is 2.21. The van der Waals surface area contributed by atoms with Crippen LogP contribution in [-0.2, 0) is 9.59 Å². The van der Waals surface area contributed by atoms with E-state index < -0.39 is 17.9 Å². The molecule has 0 radical (unpaired) electrons. The second kappa shape index (κ2) is 7.04. The predicted molar refractivity (Wildman–Crippen MR) is 94.1 cm³/mol. The second-order valence-electron chi connectivity index (χ2n) is 5.77. The van der Waals surface area contributed by atoms with Crippen molar-refractivity contribution >= 4 is 35.0 Å². The third-order valence-corrected chi connectivity index (χ3v) is 4.12. The van der Waals surface area contributed by atoms with Crippen molar-refractivity contribution in [2.75, 3.05) is 4.90 Å². The van der Waals surface area contributed by atoms with Gasteiger partial charge in [0.1, 0.15) is 6.04 Å². The molecule has 1 atom stereocenters. The Labute approximate surface area is 149 Å². The molecule has 1 aliphatic rings. The van der Waals surface area contributed by atoms with Crippen LogP contribution < -0.4 is 15.8 Å². The molecule has 3 amide bonds. The van der Waals surface area contributed by atoms with Crippen molar-refractivity contribution in [3.63, 3.8) is 0 Å². The molecule has 1 heterocycles. The van der Waals surface area contributed by atoms with Crippen molar-refractivity contribution < 1.29 is 14.4 Å². The van der Waals surface area contributed by atoms with Crippen molar-refractivity contribution in [2.45, 2.75) is 19.4 Å². The van der Waals surface area contributed by atoms with Gasteiger partial charge in [0.25, 0.3) is 11.8 Å². The third-order valence-electron chi connectivity index (χ3n) is 3.89. The number of nitrogens with one attached hydrogen (secondary N) is 2. The number of imide groups is 1. The Bertz CT molecular complexity index is 836. The van der Waals surface area contributed by atoms with E-state index in [9.17, 15) is 14.4 Å². The van der Waals surface area contributed by atoms with Crippen molar-refractivity contribution in [1.29, 1.82) is 0 Å². The van der Waals surface area contributed by atoms with Crippen LogP contribution in [0.5, 0.6) is 0 Å². The molecule has 0 aromatic heterocycles. The lowest BCUT2D eigenvalue weighted by molar-refractivity contribution is -0.121. The van der Waals surface area contributed by atoms with Gasteiger partial charge in [-0.25, -0.2) is 10.3 Å². The molecule has 1 fully saturated rings. The highest BCUT2D eigenvalue weighted by atomic mass is 35.5. The Hall–Kier alpha value is -2.70. The zero-order valence-electron chi connectivity index (χ0n) is 13.5. The quantitative estimate of drug-likeness (QED) is 0.649. The summed E-state index contributed by atoms with van der Waals surface area (Å²) < 4.78 is 0. The number of anilines is 1. The second-order valence-corrected chi connectivity index (χ2v) is 6.20. The fraction of sp³-hybridized carbons (Fsp3) is 0.167. The Morgan fingerprint density at radius 3 is 2.56 bits per heavy atom. The lowest BCUT2D eigenvalue weighted by atomic mass is 10.2. The van der Waals surface area contributed by atoms with E-state index in [0.29, 0.717) is 16.3 Å². The van der Waals surface area contributed by atoms with Gasteiger partial charge in [0, 0.05) is 10.6 Å². The molecule has 128 valence electrons. The first-order chi connectivity index (χ1) is 12.0. The number of hydrazine groups is 1. The molecule has 0 saturated carbocycles. The SMILES string of the molecule is Cc1ccc(N2C(=O)C[C@H](NNC(=O)c3cccc(Cl)c3)C2=O)cc1. The largest absolute Gasteiger partial charge is 0.287 e. The zero-order valence-corrected chi connectivity index (χ0v) is 14.2. The molecule has 25 heavy (non-hydrogen) atoms. The van der Waals surface area contributed by atoms with E-state index >= 15 is 0 Å². The number of rotatable bonds is 4. The first-order valence-corrected chi connectivity index (χ1v) is 8.08. The van der Waals surface area contributed by atoms with Gasteiger partial charge in [-0.1, -0.05) is 35.4 Å². The normalized spacial score (nSPS) is 17.0. The number of halogens is 1. The van der Waals surface area contributed by atoms with Crippen molar-refractivity contribution in [2.24, 2.45) is 0 Å². The average molecular weight is 358 g/mol. The van der Waals surface area contributed by atoms with Crippen molar-refractivity contribution in [3.05, 3.63) is 64.7 Å². The van der Waals surface area contributed by atoms with E-state index in [1.54, 1.807) is 30.3 Å². The Morgan fingerprint density at radius 2 is 1.88 bits per heavy atom. The first kappa shape index (κ1) is 17.1. The highest BCUT2D eigenvalue weighted by molar-refractivity contribution is 6.31. The summed E-state index contributed by atoms with van der Waals surface area (Å²) in [6.07, 6.45) is -0.0253. The van der Waals surface area contributed by atoms with Crippen LogP contribution in [0.1, 0.15) is 22.3 Å². The maximum Gasteiger partial charge on any atom is 0.265 e. The number of benzene rings is 2. The van der Waals surface area contributed by atoms with Gasteiger partial charge in [0.15, 0.2) is 0 Å². The average Bonchev–Trinajstić information content (AvgIpc) is 2.87. The summed E-state index contributed by atoms with van der Waals surface area (Å²) >= 11 is 5.85. The van der Waals surface area contributed by atoms with Gasteiger partial charge >= 0.3 is 0 Å². The van der Waals surface area contributed by atoms with Crippen molar-refractivity contribution in [3.8, 4) is 0 Å². The van der Waals surface area contributed by atoms with Crippen LogP contribution in [0, 0.1) is 6.92 Å². The summed E-state index contributed by atoms with van der Waals surface area (Å²) in [7, 11) is 0. The fourth-order valence-corrected chi connectivity index (χ4v) is 2.75. The minimum atomic E-state index is -0.808. The fourth-order valence-electron chi connectivity index (χ4n) is 2.56. The Morgan fingerprint density at radius 1 is 1.16 bits per heavy atom. The highest BCUT2D eigenvalue weighted by Crippen LogP contribution is 2.23. The van der Waals surface area contributed by atoms with Crippen LogP contribution in [0.15, 0.2) is 48.5 Å². The molecule has 7 heteroatoms. The van der Waals surface area contributed by atoms with Gasteiger partial charge in [0.05, 0.1) is 12.1 Å². The number of aryl methyl sites for hydroxylation is 1. The molecular weight excluding hydrogens is 342 g/mol. The number of amides is 3. The topological polar surface area (TPSA) is 78.5 Å². The zero-order chi connectivity index (χ0) is 18.0. The number of carbonyl (C=O) groups is 3. The van der Waals surface area contributed by atoms with Crippen LogP contribution in [0.3, 0.4) is 0 Å². The van der Waals surface area contributed by atoms with E-state index in [1.807, 2.05) is 19.1 Å². The molecule has 0 bridgehead atoms. The summed E-state index contributed by atoms with van der Waals surface area (Å²) in [6.45, 7) is 1.92. The van der Waals surface area contributed by atoms with Crippen LogP contribution in [0.25, 0.3) is 0 Å². The molecule has 1 aliphatic heterocycles. The minimum Gasteiger partial charge on any atom is -0.287 e. The lowest BCUT2D eigenvalue weighted by Crippen LogP contribution is -2.48. The molecule has 2 aromatic rings. The molecule has 0 spiro atoms. The van der Waals surface area contributed by atoms with Gasteiger partial charge in [-0.05, 0) is 37.3 Å². The molecule has 3 rings (SSSR count). The Balaban J connectivity index is 1.66. The summed E-state index contributed by atoms with van der Waals surface area (Å²) in [6, 6.07) is 12.7. The number of carbonyl (C=O) groups excluding carboxylic acids is 3. The van der Waals surface area contributed by atoms with Gasteiger partial charge < -0.3 is 0 Å². The maximum absolute atomic E-state index is 12.5. The van der Waals surface area contributed by atoms with Crippen molar-refractivity contribution in [1.82, 2.24) is 10.9 Å². The molecule has 1 saturated heterocycles. The molecule has 2 N–H and O–H groups in total. The van der Waals surface area contributed by atoms with Gasteiger partial charge in [0.2, 0.25) is 5.91 Å². The van der Waals surface area contributed by atoms with E-state index in [2.05, 4.69) is 10.9 Å². The van der Waals surface area contributed by atoms with Crippen LogP contribution in [0.4, 0.5) is 5.69 Å². The van der Waals surface area contributed by atoms with E-state index in [4.69, 9.17) is 11.6 Å². The minimum absolute atomic E-state index is 0.0253. The standard InChI is InChI=1S/C18H16ClN3O3/c1-11-5-7-14(8-6-11)22-16(23)10-15(18(22)25)20-21-17(24)12-3-2-4-13(19)9-12/h2-9,15,20H,10H2,1H3,(H,21,24)/t15-/m0/s1. The molecule has 0 aliphatic carbocycles. The van der Waals surface area contributed by atoms with Gasteiger partial charge in [-0.2, -0.15) is 0 Å². The lowest BCUT2D eigenvalue weighted by Gasteiger charge is -2.16. The number of hydrogen-bond acceptors (Lipinski definition) is 4. The van der Waals surface area contributed by atoms with Gasteiger partial charge in [-0.15, -0.1) is 0 Å². The smallest absolute Gasteiger partial charge is 0.265 e. The van der Waals surface area contributed by atoms with Gasteiger partial charge in [-0.3, -0.25) is 19.8 Å².